The molecule has 0 amide bonds. The van der Waals surface area contributed by atoms with E-state index in [1.54, 1.807) is 12.1 Å². The molecule has 0 spiro atoms. The van der Waals surface area contributed by atoms with Crippen LogP contribution in [0.4, 0.5) is 4.39 Å². The fourth-order valence-corrected chi connectivity index (χ4v) is 1.02. The third-order valence-corrected chi connectivity index (χ3v) is 1.80. The Hall–Kier alpha value is -1.38. The summed E-state index contributed by atoms with van der Waals surface area (Å²) in [7, 11) is 0. The zero-order valence-corrected chi connectivity index (χ0v) is 7.33. The molecule has 0 heterocycles. The molecule has 0 aliphatic carbocycles. The Bertz CT molecular complexity index is 292. The molecular formula is C10H11FO2. The molecule has 3 heteroatoms. The lowest BCUT2D eigenvalue weighted by Gasteiger charge is -2.03. The highest BCUT2D eigenvalue weighted by Gasteiger charge is 2.15. The minimum absolute atomic E-state index is 0.0599. The second kappa shape index (κ2) is 4.03. The first-order valence-electron chi connectivity index (χ1n) is 4.02. The number of aliphatic carboxylic acids is 1. The summed E-state index contributed by atoms with van der Waals surface area (Å²) < 4.78 is 12.7. The number of carboxylic acid groups (broad SMARTS) is 1. The molecule has 1 rings (SSSR count). The molecule has 0 aromatic heterocycles. The van der Waals surface area contributed by atoms with Crippen LogP contribution in [0.3, 0.4) is 0 Å². The van der Waals surface area contributed by atoms with Gasteiger partial charge in [-0.15, -0.1) is 0 Å². The lowest BCUT2D eigenvalue weighted by Crippen LogP contribution is -2.16. The van der Waals surface area contributed by atoms with Crippen molar-refractivity contribution in [3.05, 3.63) is 35.4 Å². The molecule has 0 saturated heterocycles. The molecule has 0 aliphatic heterocycles. The number of rotatable bonds is 3. The van der Waals surface area contributed by atoms with Gasteiger partial charge in [-0.3, -0.25) is 0 Å². The largest absolute Gasteiger partial charge is 0.479 e. The molecular weight excluding hydrogens is 171 g/mol. The van der Waals surface area contributed by atoms with Crippen LogP contribution in [0, 0.1) is 6.92 Å². The Labute approximate surface area is 76.0 Å². The summed E-state index contributed by atoms with van der Waals surface area (Å²) in [6.07, 6.45) is -1.86. The number of aryl methyl sites for hydroxylation is 1. The molecule has 1 aromatic carbocycles. The first kappa shape index (κ1) is 9.71. The van der Waals surface area contributed by atoms with Gasteiger partial charge in [0.15, 0.2) is 0 Å². The van der Waals surface area contributed by atoms with E-state index in [1.165, 1.54) is 0 Å². The van der Waals surface area contributed by atoms with Crippen LogP contribution in [0.5, 0.6) is 0 Å². The van der Waals surface area contributed by atoms with Crippen molar-refractivity contribution in [2.45, 2.75) is 19.5 Å². The molecule has 0 bridgehead atoms. The molecule has 0 aliphatic rings. The van der Waals surface area contributed by atoms with Crippen molar-refractivity contribution in [3.8, 4) is 0 Å². The fourth-order valence-electron chi connectivity index (χ4n) is 1.02. The number of carboxylic acids is 1. The van der Waals surface area contributed by atoms with Crippen LogP contribution in [0.2, 0.25) is 0 Å². The molecule has 0 fully saturated rings. The summed E-state index contributed by atoms with van der Waals surface area (Å²) in [5, 5.41) is 8.32. The molecule has 70 valence electrons. The number of hydrogen-bond donors (Lipinski definition) is 1. The SMILES string of the molecule is Cc1ccc(C[C@@H](F)C(=O)O)cc1. The van der Waals surface area contributed by atoms with E-state index >= 15 is 0 Å². The average molecular weight is 182 g/mol. The molecule has 1 N–H and O–H groups in total. The number of hydrogen-bond acceptors (Lipinski definition) is 1. The summed E-state index contributed by atoms with van der Waals surface area (Å²) in [5.74, 6) is -1.40. The van der Waals surface area contributed by atoms with Gasteiger partial charge in [-0.1, -0.05) is 29.8 Å². The number of carbonyl (C=O) groups is 1. The third-order valence-electron chi connectivity index (χ3n) is 1.80. The van der Waals surface area contributed by atoms with Gasteiger partial charge in [-0.25, -0.2) is 9.18 Å². The predicted octanol–water partition coefficient (Wildman–Crippen LogP) is 1.96. The van der Waals surface area contributed by atoms with Crippen LogP contribution >= 0.6 is 0 Å². The van der Waals surface area contributed by atoms with E-state index in [0.29, 0.717) is 5.56 Å². The average Bonchev–Trinajstić information content (AvgIpc) is 2.08. The summed E-state index contributed by atoms with van der Waals surface area (Å²) in [4.78, 5) is 10.2. The fraction of sp³-hybridized carbons (Fsp3) is 0.300. The van der Waals surface area contributed by atoms with E-state index in [1.807, 2.05) is 19.1 Å². The molecule has 0 radical (unpaired) electrons. The van der Waals surface area contributed by atoms with Crippen LogP contribution in [-0.2, 0) is 11.2 Å². The second-order valence-corrected chi connectivity index (χ2v) is 3.00. The van der Waals surface area contributed by atoms with Crippen molar-refractivity contribution in [2.24, 2.45) is 0 Å². The lowest BCUT2D eigenvalue weighted by molar-refractivity contribution is -0.142. The Balaban J connectivity index is 2.64. The van der Waals surface area contributed by atoms with Gasteiger partial charge in [0.2, 0.25) is 6.17 Å². The predicted molar refractivity (Wildman–Crippen MR) is 47.4 cm³/mol. The molecule has 1 aromatic rings. The monoisotopic (exact) mass is 182 g/mol. The van der Waals surface area contributed by atoms with Crippen molar-refractivity contribution in [1.82, 2.24) is 0 Å². The summed E-state index contributed by atoms with van der Waals surface area (Å²) in [6, 6.07) is 7.16. The normalized spacial score (nSPS) is 12.5. The van der Waals surface area contributed by atoms with Crippen molar-refractivity contribution < 1.29 is 14.3 Å². The maximum absolute atomic E-state index is 12.7. The van der Waals surface area contributed by atoms with E-state index in [9.17, 15) is 9.18 Å². The van der Waals surface area contributed by atoms with Crippen LogP contribution in [0.15, 0.2) is 24.3 Å². The Morgan fingerprint density at radius 1 is 1.46 bits per heavy atom. The van der Waals surface area contributed by atoms with Gasteiger partial charge >= 0.3 is 5.97 Å². The van der Waals surface area contributed by atoms with Gasteiger partial charge in [0.25, 0.3) is 0 Å². The molecule has 2 nitrogen and oxygen atoms in total. The molecule has 13 heavy (non-hydrogen) atoms. The standard InChI is InChI=1S/C10H11FO2/c1-7-2-4-8(5-3-7)6-9(11)10(12)13/h2-5,9H,6H2,1H3,(H,12,13)/t9-/m1/s1. The quantitative estimate of drug-likeness (QED) is 0.775. The first-order chi connectivity index (χ1) is 6.09. The van der Waals surface area contributed by atoms with E-state index in [2.05, 4.69) is 0 Å². The highest BCUT2D eigenvalue weighted by atomic mass is 19.1. The van der Waals surface area contributed by atoms with Crippen molar-refractivity contribution in [1.29, 1.82) is 0 Å². The van der Waals surface area contributed by atoms with Gasteiger partial charge in [0, 0.05) is 6.42 Å². The lowest BCUT2D eigenvalue weighted by atomic mass is 10.1. The molecule has 1 atom stereocenters. The van der Waals surface area contributed by atoms with E-state index < -0.39 is 12.1 Å². The topological polar surface area (TPSA) is 37.3 Å². The minimum Gasteiger partial charge on any atom is -0.479 e. The van der Waals surface area contributed by atoms with Crippen molar-refractivity contribution in [3.63, 3.8) is 0 Å². The van der Waals surface area contributed by atoms with E-state index in [0.717, 1.165) is 5.56 Å². The third kappa shape index (κ3) is 2.86. The van der Waals surface area contributed by atoms with Gasteiger partial charge in [-0.2, -0.15) is 0 Å². The van der Waals surface area contributed by atoms with E-state index in [-0.39, 0.29) is 6.42 Å². The van der Waals surface area contributed by atoms with Gasteiger partial charge in [-0.05, 0) is 12.5 Å². The zero-order chi connectivity index (χ0) is 9.84. The summed E-state index contributed by atoms with van der Waals surface area (Å²) in [5.41, 5.74) is 1.79. The molecule has 0 saturated carbocycles. The molecule has 0 unspecified atom stereocenters. The van der Waals surface area contributed by atoms with Gasteiger partial charge in [0.1, 0.15) is 0 Å². The van der Waals surface area contributed by atoms with Crippen LogP contribution < -0.4 is 0 Å². The Morgan fingerprint density at radius 2 is 2.00 bits per heavy atom. The van der Waals surface area contributed by atoms with Crippen LogP contribution in [0.1, 0.15) is 11.1 Å². The van der Waals surface area contributed by atoms with Crippen LogP contribution in [-0.4, -0.2) is 17.2 Å². The summed E-state index contributed by atoms with van der Waals surface area (Å²) in [6.45, 7) is 1.92. The van der Waals surface area contributed by atoms with Gasteiger partial charge in [0.05, 0.1) is 0 Å². The van der Waals surface area contributed by atoms with E-state index in [4.69, 9.17) is 5.11 Å². The van der Waals surface area contributed by atoms with Crippen molar-refractivity contribution >= 4 is 5.97 Å². The highest BCUT2D eigenvalue weighted by Crippen LogP contribution is 2.07. The first-order valence-corrected chi connectivity index (χ1v) is 4.02. The smallest absolute Gasteiger partial charge is 0.338 e. The van der Waals surface area contributed by atoms with Crippen LogP contribution in [0.25, 0.3) is 0 Å². The van der Waals surface area contributed by atoms with Crippen molar-refractivity contribution in [2.75, 3.05) is 0 Å². The number of halogens is 1. The maximum atomic E-state index is 12.7. The zero-order valence-electron chi connectivity index (χ0n) is 7.33. The summed E-state index contributed by atoms with van der Waals surface area (Å²) >= 11 is 0. The van der Waals surface area contributed by atoms with Gasteiger partial charge < -0.3 is 5.11 Å². The Kier molecular flexibility index (Phi) is 3.01. The highest BCUT2D eigenvalue weighted by molar-refractivity contribution is 5.72. The minimum atomic E-state index is -1.80. The number of benzene rings is 1. The number of alkyl halides is 1. The maximum Gasteiger partial charge on any atom is 0.338 e. The Morgan fingerprint density at radius 3 is 2.46 bits per heavy atom. The second-order valence-electron chi connectivity index (χ2n) is 3.00.